The Labute approximate surface area is 144 Å². The molecule has 1 saturated carbocycles. The average molecular weight is 337 g/mol. The van der Waals surface area contributed by atoms with Gasteiger partial charge in [0.1, 0.15) is 6.54 Å². The molecule has 25 heavy (non-hydrogen) atoms. The summed E-state index contributed by atoms with van der Waals surface area (Å²) >= 11 is 0. The summed E-state index contributed by atoms with van der Waals surface area (Å²) in [5.74, 6) is -0.633. The van der Waals surface area contributed by atoms with Gasteiger partial charge in [-0.05, 0) is 37.5 Å². The normalized spacial score (nSPS) is 14.0. The molecule has 0 N–H and O–H groups in total. The van der Waals surface area contributed by atoms with Crippen LogP contribution in [0.25, 0.3) is 11.2 Å². The number of amides is 1. The molecule has 6 nitrogen and oxygen atoms in total. The number of aryl methyl sites for hydroxylation is 1. The second kappa shape index (κ2) is 6.20. The number of fused-ring (bicyclic) bond motifs is 1. The first kappa shape index (κ1) is 15.6. The largest absolute Gasteiger partial charge is 0.421 e. The Morgan fingerprint density at radius 2 is 2.04 bits per heavy atom. The van der Waals surface area contributed by atoms with E-state index in [2.05, 4.69) is 4.98 Å². The quantitative estimate of drug-likeness (QED) is 0.717. The van der Waals surface area contributed by atoms with Gasteiger partial charge in [-0.25, -0.2) is 14.3 Å². The van der Waals surface area contributed by atoms with E-state index in [-0.39, 0.29) is 18.5 Å². The highest BCUT2D eigenvalue weighted by atomic mass is 16.4. The molecule has 3 aromatic rings. The van der Waals surface area contributed by atoms with Crippen LogP contribution in [-0.4, -0.2) is 26.4 Å². The van der Waals surface area contributed by atoms with Crippen molar-refractivity contribution < 1.29 is 9.21 Å². The highest BCUT2D eigenvalue weighted by Crippen LogP contribution is 2.29. The molecule has 1 aromatic carbocycles. The van der Waals surface area contributed by atoms with Crippen LogP contribution < -0.4 is 5.76 Å². The molecule has 6 heteroatoms. The summed E-state index contributed by atoms with van der Waals surface area (Å²) in [7, 11) is 0. The predicted octanol–water partition coefficient (Wildman–Crippen LogP) is 2.49. The van der Waals surface area contributed by atoms with E-state index in [4.69, 9.17) is 4.42 Å². The fourth-order valence-electron chi connectivity index (χ4n) is 2.96. The monoisotopic (exact) mass is 337 g/mol. The van der Waals surface area contributed by atoms with E-state index in [0.717, 1.165) is 18.4 Å². The van der Waals surface area contributed by atoms with Crippen LogP contribution >= 0.6 is 0 Å². The Bertz CT molecular complexity index is 967. The zero-order chi connectivity index (χ0) is 17.4. The lowest BCUT2D eigenvalue weighted by molar-refractivity contribution is -0.133. The minimum Gasteiger partial charge on any atom is -0.406 e. The molecule has 1 amide bonds. The summed E-state index contributed by atoms with van der Waals surface area (Å²) in [6.45, 7) is 2.55. The summed E-state index contributed by atoms with van der Waals surface area (Å²) in [6.07, 6.45) is 3.61. The molecule has 0 saturated heterocycles. The van der Waals surface area contributed by atoms with Crippen molar-refractivity contribution in [1.29, 1.82) is 0 Å². The van der Waals surface area contributed by atoms with Crippen LogP contribution in [-0.2, 0) is 17.9 Å². The zero-order valence-corrected chi connectivity index (χ0v) is 14.0. The predicted molar refractivity (Wildman–Crippen MR) is 93.0 cm³/mol. The molecule has 0 spiro atoms. The molecule has 1 aliphatic carbocycles. The van der Waals surface area contributed by atoms with Crippen molar-refractivity contribution in [3.8, 4) is 0 Å². The van der Waals surface area contributed by atoms with E-state index in [9.17, 15) is 9.59 Å². The lowest BCUT2D eigenvalue weighted by Gasteiger charge is -2.22. The number of rotatable bonds is 5. The van der Waals surface area contributed by atoms with Crippen molar-refractivity contribution in [2.45, 2.75) is 38.9 Å². The SMILES string of the molecule is Cc1ccc(CN(C(=O)Cn2c(=O)oc3cccnc32)C2CC2)cc1. The summed E-state index contributed by atoms with van der Waals surface area (Å²) < 4.78 is 6.47. The van der Waals surface area contributed by atoms with Crippen molar-refractivity contribution in [2.24, 2.45) is 0 Å². The second-order valence-corrected chi connectivity index (χ2v) is 6.52. The lowest BCUT2D eigenvalue weighted by Crippen LogP contribution is -2.37. The van der Waals surface area contributed by atoms with Crippen LogP contribution in [0.3, 0.4) is 0 Å². The number of oxazole rings is 1. The first-order valence-corrected chi connectivity index (χ1v) is 8.41. The summed E-state index contributed by atoms with van der Waals surface area (Å²) in [5, 5.41) is 0. The van der Waals surface area contributed by atoms with Crippen LogP contribution in [0.15, 0.2) is 51.8 Å². The maximum atomic E-state index is 12.9. The molecule has 0 atom stereocenters. The fraction of sp³-hybridized carbons (Fsp3) is 0.316. The van der Waals surface area contributed by atoms with Gasteiger partial charge in [0.15, 0.2) is 11.2 Å². The van der Waals surface area contributed by atoms with Crippen LogP contribution in [0.1, 0.15) is 24.0 Å². The van der Waals surface area contributed by atoms with E-state index in [1.165, 1.54) is 10.1 Å². The number of nitrogens with zero attached hydrogens (tertiary/aromatic N) is 3. The third kappa shape index (κ3) is 3.20. The number of hydrogen-bond acceptors (Lipinski definition) is 4. The van der Waals surface area contributed by atoms with Gasteiger partial charge in [-0.2, -0.15) is 0 Å². The van der Waals surface area contributed by atoms with Crippen LogP contribution in [0, 0.1) is 6.92 Å². The van der Waals surface area contributed by atoms with E-state index in [0.29, 0.717) is 17.8 Å². The van der Waals surface area contributed by atoms with Crippen molar-refractivity contribution in [3.63, 3.8) is 0 Å². The van der Waals surface area contributed by atoms with Gasteiger partial charge in [-0.3, -0.25) is 4.79 Å². The minimum atomic E-state index is -0.548. The van der Waals surface area contributed by atoms with E-state index < -0.39 is 5.76 Å². The Morgan fingerprint density at radius 3 is 2.76 bits per heavy atom. The lowest BCUT2D eigenvalue weighted by atomic mass is 10.1. The topological polar surface area (TPSA) is 68.3 Å². The molecule has 0 radical (unpaired) electrons. The van der Waals surface area contributed by atoms with Crippen LogP contribution in [0.4, 0.5) is 0 Å². The Kier molecular flexibility index (Phi) is 3.87. The fourth-order valence-corrected chi connectivity index (χ4v) is 2.96. The highest BCUT2D eigenvalue weighted by molar-refractivity contribution is 5.78. The maximum absolute atomic E-state index is 12.9. The van der Waals surface area contributed by atoms with Gasteiger partial charge < -0.3 is 9.32 Å². The van der Waals surface area contributed by atoms with Crippen molar-refractivity contribution >= 4 is 17.1 Å². The molecule has 2 aromatic heterocycles. The summed E-state index contributed by atoms with van der Waals surface area (Å²) in [6, 6.07) is 11.8. The minimum absolute atomic E-state index is 0.0504. The number of pyridine rings is 1. The molecule has 0 aliphatic heterocycles. The Hall–Kier alpha value is -2.89. The van der Waals surface area contributed by atoms with E-state index >= 15 is 0 Å². The summed E-state index contributed by atoms with van der Waals surface area (Å²) in [5.41, 5.74) is 3.09. The average Bonchev–Trinajstić information content (AvgIpc) is 3.40. The number of carbonyl (C=O) groups is 1. The van der Waals surface area contributed by atoms with Gasteiger partial charge in [0.2, 0.25) is 5.91 Å². The van der Waals surface area contributed by atoms with Crippen LogP contribution in [0.2, 0.25) is 0 Å². The maximum Gasteiger partial charge on any atom is 0.421 e. The van der Waals surface area contributed by atoms with Crippen molar-refractivity contribution in [3.05, 3.63) is 64.3 Å². The molecule has 4 rings (SSSR count). The molecule has 2 heterocycles. The highest BCUT2D eigenvalue weighted by Gasteiger charge is 2.33. The Morgan fingerprint density at radius 1 is 1.28 bits per heavy atom. The van der Waals surface area contributed by atoms with Crippen LogP contribution in [0.5, 0.6) is 0 Å². The van der Waals surface area contributed by atoms with Gasteiger partial charge in [0.05, 0.1) is 0 Å². The van der Waals surface area contributed by atoms with Crippen molar-refractivity contribution in [1.82, 2.24) is 14.5 Å². The van der Waals surface area contributed by atoms with Gasteiger partial charge in [-0.1, -0.05) is 29.8 Å². The van der Waals surface area contributed by atoms with E-state index in [1.807, 2.05) is 36.1 Å². The first-order chi connectivity index (χ1) is 12.1. The molecule has 1 aliphatic rings. The van der Waals surface area contributed by atoms with Gasteiger partial charge in [0, 0.05) is 18.8 Å². The van der Waals surface area contributed by atoms with Gasteiger partial charge >= 0.3 is 5.76 Å². The van der Waals surface area contributed by atoms with E-state index in [1.54, 1.807) is 18.3 Å². The third-order valence-electron chi connectivity index (χ3n) is 4.50. The standard InChI is InChI=1S/C19H19N3O3/c1-13-4-6-14(7-5-13)11-21(15-8-9-15)17(23)12-22-18-16(25-19(22)24)3-2-10-20-18/h2-7,10,15H,8-9,11-12H2,1H3. The molecular weight excluding hydrogens is 318 g/mol. The third-order valence-corrected chi connectivity index (χ3v) is 4.50. The van der Waals surface area contributed by atoms with Gasteiger partial charge in [-0.15, -0.1) is 0 Å². The number of carbonyl (C=O) groups excluding carboxylic acids is 1. The second-order valence-electron chi connectivity index (χ2n) is 6.52. The molecule has 0 unspecified atom stereocenters. The number of benzene rings is 1. The smallest absolute Gasteiger partial charge is 0.406 e. The zero-order valence-electron chi connectivity index (χ0n) is 14.0. The number of hydrogen-bond donors (Lipinski definition) is 0. The first-order valence-electron chi connectivity index (χ1n) is 8.41. The molecular formula is C19H19N3O3. The molecule has 1 fully saturated rings. The Balaban J connectivity index is 1.58. The van der Waals surface area contributed by atoms with Crippen molar-refractivity contribution in [2.75, 3.05) is 0 Å². The molecule has 128 valence electrons. The summed E-state index contributed by atoms with van der Waals surface area (Å²) in [4.78, 5) is 30.9. The number of aromatic nitrogens is 2. The van der Waals surface area contributed by atoms with Gasteiger partial charge in [0.25, 0.3) is 0 Å². The molecule has 0 bridgehead atoms.